The Morgan fingerprint density at radius 3 is 2.29 bits per heavy atom. The summed E-state index contributed by atoms with van der Waals surface area (Å²) in [5.74, 6) is -0.152. The summed E-state index contributed by atoms with van der Waals surface area (Å²) in [5.41, 5.74) is 2.69. The van der Waals surface area contributed by atoms with Crippen LogP contribution in [-0.4, -0.2) is 5.91 Å². The van der Waals surface area contributed by atoms with Gasteiger partial charge in [0.05, 0.1) is 5.56 Å². The minimum atomic E-state index is -0.152. The number of hydrogen-bond donors (Lipinski definition) is 2. The van der Waals surface area contributed by atoms with E-state index in [1.807, 2.05) is 36.4 Å². The van der Waals surface area contributed by atoms with E-state index in [0.29, 0.717) is 5.56 Å². The van der Waals surface area contributed by atoms with Crippen molar-refractivity contribution < 1.29 is 4.79 Å². The van der Waals surface area contributed by atoms with Gasteiger partial charge in [-0.25, -0.2) is 0 Å². The predicted molar refractivity (Wildman–Crippen MR) is 94.5 cm³/mol. The topological polar surface area (TPSA) is 29.1 Å². The van der Waals surface area contributed by atoms with E-state index >= 15 is 0 Å². The summed E-state index contributed by atoms with van der Waals surface area (Å²) < 4.78 is 0.754. The number of hydrogen-bond acceptors (Lipinski definition) is 2. The summed E-state index contributed by atoms with van der Waals surface area (Å²) in [6.07, 6.45) is 0. The highest BCUT2D eigenvalue weighted by molar-refractivity contribution is 9.10. The van der Waals surface area contributed by atoms with Gasteiger partial charge in [0.2, 0.25) is 0 Å². The highest BCUT2D eigenvalue weighted by atomic mass is 79.9. The molecule has 0 saturated carbocycles. The number of amides is 1. The molecule has 21 heavy (non-hydrogen) atoms. The molecule has 1 amide bonds. The Morgan fingerprint density at radius 2 is 1.71 bits per heavy atom. The highest BCUT2D eigenvalue weighted by Gasteiger charge is 2.14. The average molecular weight is 364 g/mol. The fourth-order valence-corrected chi connectivity index (χ4v) is 2.57. The summed E-state index contributed by atoms with van der Waals surface area (Å²) in [4.78, 5) is 13.0. The molecule has 0 aliphatic heterocycles. The summed E-state index contributed by atoms with van der Waals surface area (Å²) in [5, 5.41) is 2.90. The SMILES string of the molecule is CC(C)(C)c1ccc(NC(=O)c2cc(S)ccc2Br)cc1. The first-order chi connectivity index (χ1) is 9.77. The standard InChI is InChI=1S/C17H18BrNOS/c1-17(2,3)11-4-6-12(7-5-11)19-16(20)14-10-13(21)8-9-15(14)18/h4-10,21H,1-3H3,(H,19,20). The van der Waals surface area contributed by atoms with Crippen molar-refractivity contribution in [1.82, 2.24) is 0 Å². The predicted octanol–water partition coefficient (Wildman–Crippen LogP) is 5.29. The zero-order valence-corrected chi connectivity index (χ0v) is 14.8. The zero-order chi connectivity index (χ0) is 15.6. The quantitative estimate of drug-likeness (QED) is 0.697. The fourth-order valence-electron chi connectivity index (χ4n) is 1.94. The van der Waals surface area contributed by atoms with Crippen molar-refractivity contribution in [2.45, 2.75) is 31.1 Å². The van der Waals surface area contributed by atoms with Crippen LogP contribution in [0.25, 0.3) is 0 Å². The van der Waals surface area contributed by atoms with Gasteiger partial charge in [0.15, 0.2) is 0 Å². The average Bonchev–Trinajstić information content (AvgIpc) is 2.41. The van der Waals surface area contributed by atoms with E-state index in [-0.39, 0.29) is 11.3 Å². The molecule has 0 aromatic heterocycles. The van der Waals surface area contributed by atoms with Gasteiger partial charge in [-0.3, -0.25) is 4.79 Å². The maximum Gasteiger partial charge on any atom is 0.256 e. The lowest BCUT2D eigenvalue weighted by Gasteiger charge is -2.19. The minimum absolute atomic E-state index is 0.103. The highest BCUT2D eigenvalue weighted by Crippen LogP contribution is 2.25. The van der Waals surface area contributed by atoms with Crippen molar-refractivity contribution in [2.24, 2.45) is 0 Å². The van der Waals surface area contributed by atoms with Gasteiger partial charge in [0.25, 0.3) is 5.91 Å². The first-order valence-corrected chi connectivity index (χ1v) is 7.92. The van der Waals surface area contributed by atoms with Crippen molar-refractivity contribution >= 4 is 40.2 Å². The molecule has 0 bridgehead atoms. The third-order valence-electron chi connectivity index (χ3n) is 3.20. The van der Waals surface area contributed by atoms with Crippen LogP contribution in [-0.2, 0) is 5.41 Å². The maximum absolute atomic E-state index is 12.3. The molecule has 0 heterocycles. The molecule has 0 atom stereocenters. The maximum atomic E-state index is 12.3. The molecule has 2 nitrogen and oxygen atoms in total. The van der Waals surface area contributed by atoms with Crippen LogP contribution in [0.4, 0.5) is 5.69 Å². The lowest BCUT2D eigenvalue weighted by Crippen LogP contribution is -2.14. The molecule has 4 heteroatoms. The molecule has 2 aromatic rings. The normalized spacial score (nSPS) is 11.3. The number of thiol groups is 1. The van der Waals surface area contributed by atoms with E-state index in [1.165, 1.54) is 5.56 Å². The molecule has 0 fully saturated rings. The van der Waals surface area contributed by atoms with Crippen LogP contribution in [0.5, 0.6) is 0 Å². The molecule has 0 radical (unpaired) electrons. The number of carbonyl (C=O) groups excluding carboxylic acids is 1. The van der Waals surface area contributed by atoms with Crippen LogP contribution in [0.1, 0.15) is 36.7 Å². The molecule has 0 aliphatic rings. The van der Waals surface area contributed by atoms with Crippen LogP contribution in [0.2, 0.25) is 0 Å². The molecule has 2 rings (SSSR count). The van der Waals surface area contributed by atoms with Gasteiger partial charge in [-0.05, 0) is 57.2 Å². The Hall–Kier alpha value is -1.26. The van der Waals surface area contributed by atoms with E-state index in [4.69, 9.17) is 0 Å². The number of benzene rings is 2. The van der Waals surface area contributed by atoms with Gasteiger partial charge in [-0.15, -0.1) is 12.6 Å². The third kappa shape index (κ3) is 4.11. The molecule has 1 N–H and O–H groups in total. The molecule has 0 saturated heterocycles. The van der Waals surface area contributed by atoms with Crippen LogP contribution in [0.3, 0.4) is 0 Å². The first kappa shape index (κ1) is 16.1. The summed E-state index contributed by atoms with van der Waals surface area (Å²) in [7, 11) is 0. The molecule has 2 aromatic carbocycles. The first-order valence-electron chi connectivity index (χ1n) is 6.68. The van der Waals surface area contributed by atoms with Gasteiger partial charge >= 0.3 is 0 Å². The monoisotopic (exact) mass is 363 g/mol. The Labute approximate surface area is 139 Å². The summed E-state index contributed by atoms with van der Waals surface area (Å²) >= 11 is 7.65. The van der Waals surface area contributed by atoms with E-state index in [2.05, 4.69) is 54.6 Å². The van der Waals surface area contributed by atoms with Gasteiger partial charge < -0.3 is 5.32 Å². The molecule has 110 valence electrons. The van der Waals surface area contributed by atoms with Crippen LogP contribution >= 0.6 is 28.6 Å². The second-order valence-electron chi connectivity index (χ2n) is 5.95. The molecule has 0 aliphatic carbocycles. The van der Waals surface area contributed by atoms with Crippen molar-refractivity contribution in [3.8, 4) is 0 Å². The van der Waals surface area contributed by atoms with Crippen molar-refractivity contribution in [2.75, 3.05) is 5.32 Å². The van der Waals surface area contributed by atoms with Crippen molar-refractivity contribution in [3.63, 3.8) is 0 Å². The zero-order valence-electron chi connectivity index (χ0n) is 12.3. The minimum Gasteiger partial charge on any atom is -0.322 e. The largest absolute Gasteiger partial charge is 0.322 e. The summed E-state index contributed by atoms with van der Waals surface area (Å²) in [6, 6.07) is 13.3. The van der Waals surface area contributed by atoms with Gasteiger partial charge in [0, 0.05) is 15.1 Å². The summed E-state index contributed by atoms with van der Waals surface area (Å²) in [6.45, 7) is 6.49. The second kappa shape index (κ2) is 6.24. The number of anilines is 1. The van der Waals surface area contributed by atoms with Crippen LogP contribution in [0, 0.1) is 0 Å². The number of carbonyl (C=O) groups is 1. The number of nitrogens with one attached hydrogen (secondary N) is 1. The third-order valence-corrected chi connectivity index (χ3v) is 4.17. The molecular formula is C17H18BrNOS. The Morgan fingerprint density at radius 1 is 1.10 bits per heavy atom. The Bertz CT molecular complexity index is 659. The van der Waals surface area contributed by atoms with Crippen molar-refractivity contribution in [3.05, 3.63) is 58.1 Å². The fraction of sp³-hybridized carbons (Fsp3) is 0.235. The van der Waals surface area contributed by atoms with E-state index in [9.17, 15) is 4.79 Å². The molecule has 0 unspecified atom stereocenters. The van der Waals surface area contributed by atoms with Gasteiger partial charge in [0.1, 0.15) is 0 Å². The molecular weight excluding hydrogens is 346 g/mol. The van der Waals surface area contributed by atoms with E-state index in [0.717, 1.165) is 15.1 Å². The van der Waals surface area contributed by atoms with Crippen LogP contribution in [0.15, 0.2) is 51.8 Å². The van der Waals surface area contributed by atoms with E-state index in [1.54, 1.807) is 6.07 Å². The Balaban J connectivity index is 2.18. The number of rotatable bonds is 2. The van der Waals surface area contributed by atoms with Gasteiger partial charge in [-0.1, -0.05) is 32.9 Å². The lowest BCUT2D eigenvalue weighted by molar-refractivity contribution is 0.102. The second-order valence-corrected chi connectivity index (χ2v) is 7.32. The van der Waals surface area contributed by atoms with E-state index < -0.39 is 0 Å². The van der Waals surface area contributed by atoms with Crippen molar-refractivity contribution in [1.29, 1.82) is 0 Å². The Kier molecular flexibility index (Phi) is 4.79. The smallest absolute Gasteiger partial charge is 0.256 e. The molecule has 0 spiro atoms. The lowest BCUT2D eigenvalue weighted by atomic mass is 9.87. The number of halogens is 1. The van der Waals surface area contributed by atoms with Crippen LogP contribution < -0.4 is 5.32 Å². The van der Waals surface area contributed by atoms with Gasteiger partial charge in [-0.2, -0.15) is 0 Å².